The minimum absolute atomic E-state index is 0.246. The summed E-state index contributed by atoms with van der Waals surface area (Å²) < 4.78 is 0. The summed E-state index contributed by atoms with van der Waals surface area (Å²) in [4.78, 5) is 12.9. The minimum atomic E-state index is -0.417. The molecule has 88 valence electrons. The molecule has 0 aromatic heterocycles. The van der Waals surface area contributed by atoms with E-state index in [1.807, 2.05) is 4.90 Å². The Bertz CT molecular complexity index is 203. The lowest BCUT2D eigenvalue weighted by Crippen LogP contribution is -2.48. The van der Waals surface area contributed by atoms with Crippen molar-refractivity contribution in [3.63, 3.8) is 0 Å². The summed E-state index contributed by atoms with van der Waals surface area (Å²) in [5.41, 5.74) is 5.20. The quantitative estimate of drug-likeness (QED) is 0.544. The molecule has 1 amide bonds. The summed E-state index contributed by atoms with van der Waals surface area (Å²) in [6.07, 6.45) is 1.61. The van der Waals surface area contributed by atoms with E-state index in [4.69, 9.17) is 5.73 Å². The molecule has 1 aliphatic heterocycles. The Morgan fingerprint density at radius 3 is 2.67 bits per heavy atom. The number of carbonyl (C=O) groups excluding carboxylic acids is 1. The molecule has 0 bridgehead atoms. The van der Waals surface area contributed by atoms with Gasteiger partial charge in [0.1, 0.15) is 0 Å². The van der Waals surface area contributed by atoms with Crippen LogP contribution in [-0.4, -0.2) is 54.2 Å². The van der Waals surface area contributed by atoms with Gasteiger partial charge in [0.2, 0.25) is 5.91 Å². The maximum Gasteiger partial charge on any atom is 0.231 e. The first-order valence-electron chi connectivity index (χ1n) is 5.50. The van der Waals surface area contributed by atoms with E-state index < -0.39 is 6.10 Å². The van der Waals surface area contributed by atoms with E-state index in [-0.39, 0.29) is 12.5 Å². The molecule has 0 aliphatic carbocycles. The van der Waals surface area contributed by atoms with Crippen LogP contribution in [-0.2, 0) is 4.79 Å². The van der Waals surface area contributed by atoms with Crippen molar-refractivity contribution < 1.29 is 9.90 Å². The van der Waals surface area contributed by atoms with Crippen LogP contribution in [0.15, 0.2) is 0 Å². The average molecular weight is 215 g/mol. The molecule has 1 rings (SSSR count). The van der Waals surface area contributed by atoms with Gasteiger partial charge in [-0.05, 0) is 32.9 Å². The van der Waals surface area contributed by atoms with Crippen molar-refractivity contribution in [1.29, 1.82) is 0 Å². The van der Waals surface area contributed by atoms with E-state index in [1.165, 1.54) is 0 Å². The third kappa shape index (κ3) is 4.59. The zero-order valence-corrected chi connectivity index (χ0v) is 9.28. The monoisotopic (exact) mass is 215 g/mol. The Kier molecular flexibility index (Phi) is 5.01. The number of nitrogens with two attached hydrogens (primary N) is 1. The van der Waals surface area contributed by atoms with Crippen molar-refractivity contribution in [2.45, 2.75) is 31.9 Å². The first-order chi connectivity index (χ1) is 7.09. The average Bonchev–Trinajstić information content (AvgIpc) is 2.17. The number of primary amides is 1. The molecule has 1 atom stereocenters. The predicted molar refractivity (Wildman–Crippen MR) is 58.3 cm³/mol. The van der Waals surface area contributed by atoms with Gasteiger partial charge in [-0.2, -0.15) is 0 Å². The summed E-state index contributed by atoms with van der Waals surface area (Å²) in [5, 5.41) is 12.6. The van der Waals surface area contributed by atoms with E-state index in [0.717, 1.165) is 25.9 Å². The normalized spacial score (nSPS) is 20.5. The Morgan fingerprint density at radius 1 is 1.60 bits per heavy atom. The molecule has 4 N–H and O–H groups in total. The lowest BCUT2D eigenvalue weighted by atomic mass is 10.0. The molecule has 0 saturated carbocycles. The number of amides is 1. The molecule has 5 heteroatoms. The Labute approximate surface area is 90.6 Å². The van der Waals surface area contributed by atoms with Crippen molar-refractivity contribution in [3.8, 4) is 0 Å². The van der Waals surface area contributed by atoms with Crippen LogP contribution in [0.4, 0.5) is 0 Å². The number of hydrogen-bond donors (Lipinski definition) is 3. The van der Waals surface area contributed by atoms with E-state index in [2.05, 4.69) is 5.32 Å². The molecule has 1 heterocycles. The van der Waals surface area contributed by atoms with Gasteiger partial charge >= 0.3 is 0 Å². The summed E-state index contributed by atoms with van der Waals surface area (Å²) >= 11 is 0. The van der Waals surface area contributed by atoms with Gasteiger partial charge in [-0.25, -0.2) is 0 Å². The van der Waals surface area contributed by atoms with Crippen molar-refractivity contribution in [1.82, 2.24) is 10.2 Å². The summed E-state index contributed by atoms with van der Waals surface area (Å²) in [6, 6.07) is 0.369. The topological polar surface area (TPSA) is 78.6 Å². The fraction of sp³-hybridized carbons (Fsp3) is 0.900. The first kappa shape index (κ1) is 12.4. The van der Waals surface area contributed by atoms with Gasteiger partial charge in [0.15, 0.2) is 0 Å². The molecule has 1 aliphatic rings. The highest BCUT2D eigenvalue weighted by atomic mass is 16.3. The molecule has 0 aromatic carbocycles. The van der Waals surface area contributed by atoms with Crippen LogP contribution in [0.1, 0.15) is 19.8 Å². The second-order valence-corrected chi connectivity index (χ2v) is 4.23. The molecule has 1 fully saturated rings. The van der Waals surface area contributed by atoms with Crippen LogP contribution in [0.25, 0.3) is 0 Å². The molecule has 15 heavy (non-hydrogen) atoms. The Balaban J connectivity index is 2.48. The van der Waals surface area contributed by atoms with Crippen LogP contribution in [0.2, 0.25) is 0 Å². The number of hydrogen-bond acceptors (Lipinski definition) is 4. The standard InChI is InChI=1S/C10H21N3O2/c1-8(14)6-13(7-10(11)15)9-2-4-12-5-3-9/h8-9,12,14H,2-7H2,1H3,(H2,11,15)/t8-/m0/s1. The SMILES string of the molecule is C[C@H](O)CN(CC(N)=O)C1CCNCC1. The van der Waals surface area contributed by atoms with Crippen molar-refractivity contribution >= 4 is 5.91 Å². The highest BCUT2D eigenvalue weighted by Crippen LogP contribution is 2.11. The summed E-state index contributed by atoms with van der Waals surface area (Å²) in [5.74, 6) is -0.325. The smallest absolute Gasteiger partial charge is 0.231 e. The molecule has 0 aromatic rings. The van der Waals surface area contributed by atoms with Crippen LogP contribution in [0, 0.1) is 0 Å². The van der Waals surface area contributed by atoms with Gasteiger partial charge in [-0.1, -0.05) is 0 Å². The first-order valence-corrected chi connectivity index (χ1v) is 5.50. The van der Waals surface area contributed by atoms with E-state index >= 15 is 0 Å². The largest absolute Gasteiger partial charge is 0.392 e. The second kappa shape index (κ2) is 6.05. The highest BCUT2D eigenvalue weighted by molar-refractivity contribution is 5.75. The fourth-order valence-electron chi connectivity index (χ4n) is 2.05. The number of nitrogens with one attached hydrogen (secondary N) is 1. The minimum Gasteiger partial charge on any atom is -0.392 e. The third-order valence-corrected chi connectivity index (χ3v) is 2.68. The predicted octanol–water partition coefficient (Wildman–Crippen LogP) is -1.09. The summed E-state index contributed by atoms with van der Waals surface area (Å²) in [6.45, 7) is 4.44. The number of piperidine rings is 1. The van der Waals surface area contributed by atoms with Gasteiger partial charge in [-0.3, -0.25) is 9.69 Å². The molecule has 0 unspecified atom stereocenters. The molecule has 1 saturated heterocycles. The van der Waals surface area contributed by atoms with Gasteiger partial charge in [0.25, 0.3) is 0 Å². The third-order valence-electron chi connectivity index (χ3n) is 2.68. The van der Waals surface area contributed by atoms with Gasteiger partial charge in [0.05, 0.1) is 12.6 Å². The Hall–Kier alpha value is -0.650. The molecule has 0 spiro atoms. The maximum absolute atomic E-state index is 10.9. The van der Waals surface area contributed by atoms with Crippen LogP contribution < -0.4 is 11.1 Å². The molecular weight excluding hydrogens is 194 g/mol. The highest BCUT2D eigenvalue weighted by Gasteiger charge is 2.22. The Morgan fingerprint density at radius 2 is 2.20 bits per heavy atom. The number of rotatable bonds is 5. The van der Waals surface area contributed by atoms with Gasteiger partial charge in [0, 0.05) is 12.6 Å². The number of carbonyl (C=O) groups is 1. The van der Waals surface area contributed by atoms with Crippen molar-refractivity contribution in [2.75, 3.05) is 26.2 Å². The number of aliphatic hydroxyl groups excluding tert-OH is 1. The second-order valence-electron chi connectivity index (χ2n) is 4.23. The fourth-order valence-corrected chi connectivity index (χ4v) is 2.05. The zero-order chi connectivity index (χ0) is 11.3. The lowest BCUT2D eigenvalue weighted by molar-refractivity contribution is -0.120. The van der Waals surface area contributed by atoms with Crippen LogP contribution in [0.3, 0.4) is 0 Å². The van der Waals surface area contributed by atoms with Crippen molar-refractivity contribution in [2.24, 2.45) is 5.73 Å². The summed E-state index contributed by atoms with van der Waals surface area (Å²) in [7, 11) is 0. The van der Waals surface area contributed by atoms with E-state index in [0.29, 0.717) is 12.6 Å². The number of nitrogens with zero attached hydrogens (tertiary/aromatic N) is 1. The van der Waals surface area contributed by atoms with E-state index in [9.17, 15) is 9.90 Å². The zero-order valence-electron chi connectivity index (χ0n) is 9.28. The van der Waals surface area contributed by atoms with Gasteiger partial charge < -0.3 is 16.2 Å². The van der Waals surface area contributed by atoms with Crippen molar-refractivity contribution in [3.05, 3.63) is 0 Å². The number of aliphatic hydroxyl groups is 1. The lowest BCUT2D eigenvalue weighted by Gasteiger charge is -2.34. The van der Waals surface area contributed by atoms with Gasteiger partial charge in [-0.15, -0.1) is 0 Å². The van der Waals surface area contributed by atoms with E-state index in [1.54, 1.807) is 6.92 Å². The van der Waals surface area contributed by atoms with Crippen LogP contribution in [0.5, 0.6) is 0 Å². The van der Waals surface area contributed by atoms with Crippen LogP contribution >= 0.6 is 0 Å². The molecule has 5 nitrogen and oxygen atoms in total. The molecular formula is C10H21N3O2. The maximum atomic E-state index is 10.9. The molecule has 0 radical (unpaired) electrons.